The molecule has 0 bridgehead atoms. The normalized spacial score (nSPS) is 19.3. The largest absolute Gasteiger partial charge is 0.465 e. The van der Waals surface area contributed by atoms with Gasteiger partial charge in [0.15, 0.2) is 0 Å². The first-order valence-corrected chi connectivity index (χ1v) is 7.79. The fraction of sp³-hybridized carbons (Fsp3) is 0.625. The molecule has 3 rings (SSSR count). The van der Waals surface area contributed by atoms with Gasteiger partial charge in [0.1, 0.15) is 5.82 Å². The maximum atomic E-state index is 11.7. The van der Waals surface area contributed by atoms with Gasteiger partial charge in [-0.3, -0.25) is 0 Å². The van der Waals surface area contributed by atoms with E-state index in [1.807, 2.05) is 6.07 Å². The van der Waals surface area contributed by atoms with Crippen molar-refractivity contribution < 1.29 is 9.53 Å². The first-order chi connectivity index (χ1) is 10.3. The molecule has 2 heterocycles. The number of ether oxygens (including phenoxy) is 1. The number of piperidine rings is 1. The number of carbonyl (C=O) groups excluding carboxylic acids is 1. The minimum absolute atomic E-state index is 0.295. The predicted octanol–water partition coefficient (Wildman–Crippen LogP) is 1.84. The van der Waals surface area contributed by atoms with Crippen LogP contribution >= 0.6 is 0 Å². The van der Waals surface area contributed by atoms with Gasteiger partial charge in [-0.15, -0.1) is 0 Å². The van der Waals surface area contributed by atoms with Crippen LogP contribution in [0.1, 0.15) is 36.0 Å². The van der Waals surface area contributed by atoms with Crippen LogP contribution in [0.2, 0.25) is 0 Å². The number of methoxy groups -OCH3 is 1. The minimum Gasteiger partial charge on any atom is -0.465 e. The fourth-order valence-corrected chi connectivity index (χ4v) is 2.98. The second kappa shape index (κ2) is 6.43. The van der Waals surface area contributed by atoms with Crippen molar-refractivity contribution in [2.24, 2.45) is 5.92 Å². The average Bonchev–Trinajstić information content (AvgIpc) is 3.38. The van der Waals surface area contributed by atoms with E-state index in [-0.39, 0.29) is 5.97 Å². The molecule has 0 spiro atoms. The number of esters is 1. The summed E-state index contributed by atoms with van der Waals surface area (Å²) in [5, 5.41) is 3.41. The lowest BCUT2D eigenvalue weighted by molar-refractivity contribution is 0.0600. The van der Waals surface area contributed by atoms with E-state index in [0.717, 1.165) is 31.4 Å². The fourth-order valence-electron chi connectivity index (χ4n) is 2.98. The van der Waals surface area contributed by atoms with Crippen molar-refractivity contribution in [3.05, 3.63) is 23.9 Å². The van der Waals surface area contributed by atoms with Crippen molar-refractivity contribution in [2.45, 2.75) is 31.7 Å². The van der Waals surface area contributed by atoms with E-state index < -0.39 is 0 Å². The molecule has 1 aliphatic carbocycles. The van der Waals surface area contributed by atoms with Crippen LogP contribution in [0.25, 0.3) is 0 Å². The molecule has 0 radical (unpaired) electrons. The zero-order chi connectivity index (χ0) is 14.7. The SMILES string of the molecule is COC(=O)c1ccnc(N(CC2CCNCC2)C2CC2)c1. The molecule has 5 heteroatoms. The van der Waals surface area contributed by atoms with E-state index in [4.69, 9.17) is 4.74 Å². The van der Waals surface area contributed by atoms with Crippen LogP contribution < -0.4 is 10.2 Å². The molecule has 1 N–H and O–H groups in total. The van der Waals surface area contributed by atoms with Crippen LogP contribution in [0.4, 0.5) is 5.82 Å². The summed E-state index contributed by atoms with van der Waals surface area (Å²) in [7, 11) is 1.41. The van der Waals surface area contributed by atoms with Crippen LogP contribution in [0.5, 0.6) is 0 Å². The first-order valence-electron chi connectivity index (χ1n) is 7.79. The molecule has 0 unspecified atom stereocenters. The highest BCUT2D eigenvalue weighted by atomic mass is 16.5. The van der Waals surface area contributed by atoms with Crippen molar-refractivity contribution in [3.8, 4) is 0 Å². The Morgan fingerprint density at radius 3 is 2.81 bits per heavy atom. The maximum absolute atomic E-state index is 11.7. The summed E-state index contributed by atoms with van der Waals surface area (Å²) in [6.07, 6.45) is 6.61. The molecule has 2 fully saturated rings. The lowest BCUT2D eigenvalue weighted by Crippen LogP contribution is -2.37. The van der Waals surface area contributed by atoms with E-state index in [1.165, 1.54) is 32.8 Å². The second-order valence-electron chi connectivity index (χ2n) is 5.97. The molecule has 114 valence electrons. The van der Waals surface area contributed by atoms with Gasteiger partial charge in [-0.25, -0.2) is 9.78 Å². The van der Waals surface area contributed by atoms with Crippen LogP contribution in [0, 0.1) is 5.92 Å². The van der Waals surface area contributed by atoms with Crippen molar-refractivity contribution in [1.82, 2.24) is 10.3 Å². The number of hydrogen-bond acceptors (Lipinski definition) is 5. The Bertz CT molecular complexity index is 496. The highest BCUT2D eigenvalue weighted by Gasteiger charge is 2.32. The summed E-state index contributed by atoms with van der Waals surface area (Å²) in [5.74, 6) is 1.34. The van der Waals surface area contributed by atoms with Crippen LogP contribution in [-0.2, 0) is 4.74 Å². The minimum atomic E-state index is -0.295. The van der Waals surface area contributed by atoms with Gasteiger partial charge >= 0.3 is 5.97 Å². The number of hydrogen-bond donors (Lipinski definition) is 1. The second-order valence-corrected chi connectivity index (χ2v) is 5.97. The number of nitrogens with one attached hydrogen (secondary N) is 1. The molecule has 1 aromatic heterocycles. The molecule has 1 aliphatic heterocycles. The Labute approximate surface area is 125 Å². The third kappa shape index (κ3) is 3.53. The van der Waals surface area contributed by atoms with E-state index in [2.05, 4.69) is 15.2 Å². The molecule has 1 saturated heterocycles. The molecule has 0 aromatic carbocycles. The number of rotatable bonds is 5. The van der Waals surface area contributed by atoms with Gasteiger partial charge < -0.3 is 15.0 Å². The molecular weight excluding hydrogens is 266 g/mol. The Balaban J connectivity index is 1.75. The topological polar surface area (TPSA) is 54.5 Å². The number of carbonyl (C=O) groups is 1. The Morgan fingerprint density at radius 2 is 2.14 bits per heavy atom. The molecule has 5 nitrogen and oxygen atoms in total. The molecule has 0 amide bonds. The Kier molecular flexibility index (Phi) is 4.39. The van der Waals surface area contributed by atoms with Crippen LogP contribution in [0.15, 0.2) is 18.3 Å². The van der Waals surface area contributed by atoms with Crippen molar-refractivity contribution in [3.63, 3.8) is 0 Å². The predicted molar refractivity (Wildman–Crippen MR) is 81.5 cm³/mol. The van der Waals surface area contributed by atoms with E-state index in [0.29, 0.717) is 11.6 Å². The summed E-state index contributed by atoms with van der Waals surface area (Å²) >= 11 is 0. The molecular formula is C16H23N3O2. The lowest BCUT2D eigenvalue weighted by Gasteiger charge is -2.31. The van der Waals surface area contributed by atoms with Crippen molar-refractivity contribution in [2.75, 3.05) is 31.6 Å². The quantitative estimate of drug-likeness (QED) is 0.838. The zero-order valence-corrected chi connectivity index (χ0v) is 12.5. The highest BCUT2D eigenvalue weighted by molar-refractivity contribution is 5.90. The molecule has 1 aromatic rings. The van der Waals surface area contributed by atoms with E-state index in [9.17, 15) is 4.79 Å². The number of pyridine rings is 1. The number of aromatic nitrogens is 1. The van der Waals surface area contributed by atoms with Crippen LogP contribution in [-0.4, -0.2) is 43.7 Å². The highest BCUT2D eigenvalue weighted by Crippen LogP contribution is 2.32. The molecule has 2 aliphatic rings. The van der Waals surface area contributed by atoms with Crippen molar-refractivity contribution in [1.29, 1.82) is 0 Å². The van der Waals surface area contributed by atoms with Crippen LogP contribution in [0.3, 0.4) is 0 Å². The van der Waals surface area contributed by atoms with Gasteiger partial charge in [-0.2, -0.15) is 0 Å². The molecule has 21 heavy (non-hydrogen) atoms. The maximum Gasteiger partial charge on any atom is 0.338 e. The summed E-state index contributed by atoms with van der Waals surface area (Å²) in [6.45, 7) is 3.27. The monoisotopic (exact) mass is 289 g/mol. The zero-order valence-electron chi connectivity index (χ0n) is 12.5. The van der Waals surface area contributed by atoms with Gasteiger partial charge in [-0.1, -0.05) is 0 Å². The summed E-state index contributed by atoms with van der Waals surface area (Å²) in [4.78, 5) is 18.6. The summed E-state index contributed by atoms with van der Waals surface area (Å²) in [6, 6.07) is 4.18. The summed E-state index contributed by atoms with van der Waals surface area (Å²) < 4.78 is 4.80. The summed E-state index contributed by atoms with van der Waals surface area (Å²) in [5.41, 5.74) is 0.582. The van der Waals surface area contributed by atoms with Gasteiger partial charge in [0, 0.05) is 18.8 Å². The third-order valence-corrected chi connectivity index (χ3v) is 4.36. The van der Waals surface area contributed by atoms with E-state index >= 15 is 0 Å². The van der Waals surface area contributed by atoms with Gasteiger partial charge in [0.2, 0.25) is 0 Å². The smallest absolute Gasteiger partial charge is 0.338 e. The van der Waals surface area contributed by atoms with Gasteiger partial charge in [0.25, 0.3) is 0 Å². The number of anilines is 1. The first kappa shape index (κ1) is 14.3. The van der Waals surface area contributed by atoms with Crippen molar-refractivity contribution >= 4 is 11.8 Å². The van der Waals surface area contributed by atoms with Gasteiger partial charge in [0.05, 0.1) is 12.7 Å². The number of nitrogens with zero attached hydrogens (tertiary/aromatic N) is 2. The standard InChI is InChI=1S/C16H23N3O2/c1-21-16(20)13-6-9-18-15(10-13)19(14-2-3-14)11-12-4-7-17-8-5-12/h6,9-10,12,14,17H,2-5,7-8,11H2,1H3. The lowest BCUT2D eigenvalue weighted by atomic mass is 9.97. The molecule has 0 atom stereocenters. The Hall–Kier alpha value is -1.62. The molecule has 1 saturated carbocycles. The van der Waals surface area contributed by atoms with Gasteiger partial charge in [-0.05, 0) is 56.8 Å². The third-order valence-electron chi connectivity index (χ3n) is 4.36. The average molecular weight is 289 g/mol. The Morgan fingerprint density at radius 1 is 1.38 bits per heavy atom. The van der Waals surface area contributed by atoms with E-state index in [1.54, 1.807) is 12.3 Å².